The Morgan fingerprint density at radius 3 is 2.83 bits per heavy atom. The molecule has 2 rings (SSSR count). The second kappa shape index (κ2) is 2.54. The maximum absolute atomic E-state index is 5.80. The van der Waals surface area contributed by atoms with Gasteiger partial charge in [-0.05, 0) is 12.1 Å². The highest BCUT2D eigenvalue weighted by molar-refractivity contribution is 6.38. The molecule has 0 saturated heterocycles. The van der Waals surface area contributed by atoms with Crippen molar-refractivity contribution >= 4 is 40.0 Å². The lowest BCUT2D eigenvalue weighted by Crippen LogP contribution is -1.82. The van der Waals surface area contributed by atoms with Crippen LogP contribution >= 0.6 is 23.2 Å². The number of nitrogens with zero attached hydrogens (tertiary/aromatic N) is 1. The van der Waals surface area contributed by atoms with Gasteiger partial charge in [-0.15, -0.1) is 0 Å². The number of hydrogen-bond acceptors (Lipinski definition) is 3. The lowest BCUT2D eigenvalue weighted by Gasteiger charge is -1.92. The van der Waals surface area contributed by atoms with Crippen LogP contribution < -0.4 is 5.73 Å². The summed E-state index contributed by atoms with van der Waals surface area (Å²) in [6, 6.07) is 3.24. The first kappa shape index (κ1) is 7.71. The average Bonchev–Trinajstić information content (AvgIpc) is 2.33. The standard InChI is InChI=1S/C7H4Cl2N2O/c8-3-1-4-6(5(9)2-3)12-11-7(4)10/h1-2H,(H2,10,11). The Balaban J connectivity index is 2.92. The number of nitrogens with two attached hydrogens (primary N) is 1. The second-order valence-corrected chi connectivity index (χ2v) is 3.18. The Labute approximate surface area is 78.0 Å². The molecule has 0 aliphatic heterocycles. The van der Waals surface area contributed by atoms with Crippen LogP contribution in [0.1, 0.15) is 0 Å². The molecule has 0 unspecified atom stereocenters. The van der Waals surface area contributed by atoms with Crippen LogP contribution in [-0.4, -0.2) is 5.16 Å². The molecule has 0 fully saturated rings. The summed E-state index contributed by atoms with van der Waals surface area (Å²) in [5.74, 6) is 0.300. The lowest BCUT2D eigenvalue weighted by atomic mass is 10.2. The van der Waals surface area contributed by atoms with Crippen LogP contribution in [0.4, 0.5) is 5.82 Å². The van der Waals surface area contributed by atoms with Gasteiger partial charge < -0.3 is 10.3 Å². The summed E-state index contributed by atoms with van der Waals surface area (Å²) in [6.07, 6.45) is 0. The third kappa shape index (κ3) is 1.02. The molecule has 5 heteroatoms. The molecule has 3 nitrogen and oxygen atoms in total. The van der Waals surface area contributed by atoms with Crippen molar-refractivity contribution in [2.24, 2.45) is 0 Å². The molecule has 0 amide bonds. The molecule has 0 atom stereocenters. The van der Waals surface area contributed by atoms with Crippen molar-refractivity contribution in [2.45, 2.75) is 0 Å². The van der Waals surface area contributed by atoms with Crippen LogP contribution in [0.2, 0.25) is 10.0 Å². The van der Waals surface area contributed by atoms with Gasteiger partial charge in [0.15, 0.2) is 11.4 Å². The summed E-state index contributed by atoms with van der Waals surface area (Å²) in [5.41, 5.74) is 5.96. The first-order chi connectivity index (χ1) is 5.68. The minimum Gasteiger partial charge on any atom is -0.380 e. The highest BCUT2D eigenvalue weighted by Gasteiger charge is 2.09. The van der Waals surface area contributed by atoms with E-state index in [0.717, 1.165) is 0 Å². The van der Waals surface area contributed by atoms with E-state index in [0.29, 0.717) is 26.8 Å². The van der Waals surface area contributed by atoms with Gasteiger partial charge in [-0.3, -0.25) is 0 Å². The fraction of sp³-hybridized carbons (Fsp3) is 0. The van der Waals surface area contributed by atoms with Crippen molar-refractivity contribution in [1.29, 1.82) is 0 Å². The number of fused-ring (bicyclic) bond motifs is 1. The van der Waals surface area contributed by atoms with E-state index in [1.165, 1.54) is 0 Å². The number of aromatic nitrogens is 1. The van der Waals surface area contributed by atoms with Gasteiger partial charge in [0.2, 0.25) is 0 Å². The highest BCUT2D eigenvalue weighted by Crippen LogP contribution is 2.30. The fourth-order valence-corrected chi connectivity index (χ4v) is 1.52. The molecule has 0 radical (unpaired) electrons. The van der Waals surface area contributed by atoms with Crippen molar-refractivity contribution in [3.8, 4) is 0 Å². The molecular formula is C7H4Cl2N2O. The molecule has 0 aliphatic rings. The van der Waals surface area contributed by atoms with Gasteiger partial charge in [-0.25, -0.2) is 0 Å². The van der Waals surface area contributed by atoms with Gasteiger partial charge in [-0.2, -0.15) is 0 Å². The van der Waals surface area contributed by atoms with E-state index in [1.54, 1.807) is 12.1 Å². The zero-order valence-corrected chi connectivity index (χ0v) is 7.36. The number of halogens is 2. The average molecular weight is 203 g/mol. The largest absolute Gasteiger partial charge is 0.380 e. The number of rotatable bonds is 0. The molecule has 0 saturated carbocycles. The highest BCUT2D eigenvalue weighted by atomic mass is 35.5. The molecule has 1 heterocycles. The molecule has 0 bridgehead atoms. The predicted octanol–water partition coefficient (Wildman–Crippen LogP) is 2.72. The van der Waals surface area contributed by atoms with Crippen LogP contribution in [0.5, 0.6) is 0 Å². The zero-order chi connectivity index (χ0) is 8.72. The van der Waals surface area contributed by atoms with Crippen molar-refractivity contribution in [1.82, 2.24) is 5.16 Å². The summed E-state index contributed by atoms with van der Waals surface area (Å²) in [7, 11) is 0. The van der Waals surface area contributed by atoms with E-state index >= 15 is 0 Å². The van der Waals surface area contributed by atoms with Crippen LogP contribution in [-0.2, 0) is 0 Å². The van der Waals surface area contributed by atoms with Gasteiger partial charge in [0.25, 0.3) is 0 Å². The number of nitrogen functional groups attached to an aromatic ring is 1. The van der Waals surface area contributed by atoms with E-state index < -0.39 is 0 Å². The summed E-state index contributed by atoms with van der Waals surface area (Å²) >= 11 is 11.5. The second-order valence-electron chi connectivity index (χ2n) is 2.33. The predicted molar refractivity (Wildman–Crippen MR) is 48.4 cm³/mol. The number of hydrogen-bond donors (Lipinski definition) is 1. The normalized spacial score (nSPS) is 10.8. The fourth-order valence-electron chi connectivity index (χ4n) is 0.987. The molecule has 12 heavy (non-hydrogen) atoms. The Morgan fingerprint density at radius 2 is 2.08 bits per heavy atom. The quantitative estimate of drug-likeness (QED) is 0.715. The molecule has 62 valence electrons. The Kier molecular flexibility index (Phi) is 1.63. The maximum Gasteiger partial charge on any atom is 0.187 e. The van der Waals surface area contributed by atoms with Gasteiger partial charge >= 0.3 is 0 Å². The topological polar surface area (TPSA) is 52.0 Å². The first-order valence-corrected chi connectivity index (χ1v) is 3.94. The molecule has 2 N–H and O–H groups in total. The van der Waals surface area contributed by atoms with Crippen molar-refractivity contribution < 1.29 is 4.52 Å². The Morgan fingerprint density at radius 1 is 1.33 bits per heavy atom. The summed E-state index contributed by atoms with van der Waals surface area (Å²) in [6.45, 7) is 0. The van der Waals surface area contributed by atoms with E-state index in [-0.39, 0.29) is 0 Å². The third-order valence-electron chi connectivity index (χ3n) is 1.52. The summed E-state index contributed by atoms with van der Waals surface area (Å²) in [5, 5.41) is 5.14. The van der Waals surface area contributed by atoms with Gasteiger partial charge in [0.05, 0.1) is 10.4 Å². The van der Waals surface area contributed by atoms with E-state index in [1.807, 2.05) is 0 Å². The molecule has 0 spiro atoms. The van der Waals surface area contributed by atoms with E-state index in [4.69, 9.17) is 33.5 Å². The number of anilines is 1. The van der Waals surface area contributed by atoms with Gasteiger partial charge in [0.1, 0.15) is 0 Å². The molecule has 2 aromatic rings. The summed E-state index contributed by atoms with van der Waals surface area (Å²) in [4.78, 5) is 0. The lowest BCUT2D eigenvalue weighted by molar-refractivity contribution is 0.460. The minimum absolute atomic E-state index is 0.300. The van der Waals surface area contributed by atoms with Crippen LogP contribution in [0, 0.1) is 0 Å². The Bertz CT molecular complexity index is 438. The van der Waals surface area contributed by atoms with Crippen LogP contribution in [0.25, 0.3) is 11.0 Å². The molecular weight excluding hydrogens is 199 g/mol. The Hall–Kier alpha value is -0.930. The van der Waals surface area contributed by atoms with E-state index in [9.17, 15) is 0 Å². The van der Waals surface area contributed by atoms with Crippen molar-refractivity contribution in [3.63, 3.8) is 0 Å². The maximum atomic E-state index is 5.80. The summed E-state index contributed by atoms with van der Waals surface area (Å²) < 4.78 is 4.87. The monoisotopic (exact) mass is 202 g/mol. The van der Waals surface area contributed by atoms with Crippen molar-refractivity contribution in [3.05, 3.63) is 22.2 Å². The molecule has 1 aromatic heterocycles. The third-order valence-corrected chi connectivity index (χ3v) is 2.02. The smallest absolute Gasteiger partial charge is 0.187 e. The zero-order valence-electron chi connectivity index (χ0n) is 5.84. The van der Waals surface area contributed by atoms with Crippen molar-refractivity contribution in [2.75, 3.05) is 5.73 Å². The van der Waals surface area contributed by atoms with Crippen LogP contribution in [0.15, 0.2) is 16.7 Å². The van der Waals surface area contributed by atoms with E-state index in [2.05, 4.69) is 5.16 Å². The molecule has 0 aliphatic carbocycles. The SMILES string of the molecule is Nc1noc2c(Cl)cc(Cl)cc12. The minimum atomic E-state index is 0.300. The van der Waals surface area contributed by atoms with Crippen LogP contribution in [0.3, 0.4) is 0 Å². The van der Waals surface area contributed by atoms with Gasteiger partial charge in [-0.1, -0.05) is 28.4 Å². The van der Waals surface area contributed by atoms with Gasteiger partial charge in [0, 0.05) is 5.02 Å². The number of benzene rings is 1. The first-order valence-electron chi connectivity index (χ1n) is 3.18. The molecule has 1 aromatic carbocycles.